The monoisotopic (exact) mass is 996 g/mol. The van der Waals surface area contributed by atoms with Crippen molar-refractivity contribution < 1.29 is 66.0 Å². The molecule has 0 fully saturated rings. The Morgan fingerprint density at radius 3 is 1.58 bits per heavy atom. The maximum atomic E-state index is 12.9. The molecule has 330 valence electrons. The Morgan fingerprint density at radius 1 is 0.636 bits per heavy atom. The fourth-order valence-corrected chi connectivity index (χ4v) is 5.98. The number of hydrogen-bond donors (Lipinski definition) is 0. The van der Waals surface area contributed by atoms with Gasteiger partial charge in [0.2, 0.25) is 0 Å². The van der Waals surface area contributed by atoms with E-state index in [0.29, 0.717) is 64.9 Å². The Bertz CT molecular complexity index is 2800. The van der Waals surface area contributed by atoms with Gasteiger partial charge in [0.25, 0.3) is 19.4 Å². The quantitative estimate of drug-likeness (QED) is 0.0264. The molecule has 0 aliphatic carbocycles. The van der Waals surface area contributed by atoms with Crippen molar-refractivity contribution in [3.8, 4) is 45.7 Å². The summed E-state index contributed by atoms with van der Waals surface area (Å²) in [6.45, 7) is 0.965. The van der Waals surface area contributed by atoms with E-state index in [1.54, 1.807) is 79.2 Å². The van der Waals surface area contributed by atoms with Gasteiger partial charge >= 0.3 is 25.7 Å². The van der Waals surface area contributed by atoms with E-state index in [2.05, 4.69) is 56.6 Å². The zero-order valence-corrected chi connectivity index (χ0v) is 36.1. The van der Waals surface area contributed by atoms with E-state index >= 15 is 0 Å². The van der Waals surface area contributed by atoms with Crippen molar-refractivity contribution in [2.75, 3.05) is 4.90 Å². The molecule has 0 N–H and O–H groups in total. The molecule has 0 bridgehead atoms. The molecule has 0 saturated carbocycles. The van der Waals surface area contributed by atoms with Crippen LogP contribution in [0.2, 0.25) is 0 Å². The molecule has 0 radical (unpaired) electrons. The number of pyridine rings is 4. The third kappa shape index (κ3) is 12.9. The van der Waals surface area contributed by atoms with Gasteiger partial charge in [-0.1, -0.05) is 42.2 Å². The van der Waals surface area contributed by atoms with Crippen LogP contribution in [0.3, 0.4) is 0 Å². The van der Waals surface area contributed by atoms with Crippen LogP contribution in [0.4, 0.5) is 30.2 Å². The van der Waals surface area contributed by atoms with Gasteiger partial charge in [-0.2, -0.15) is 18.3 Å². The number of hydrogen-bond acceptors (Lipinski definition) is 14. The third-order valence-electron chi connectivity index (χ3n) is 8.65. The predicted octanol–water partition coefficient (Wildman–Crippen LogP) is 9.99. The number of ether oxygens (including phenoxy) is 4. The average Bonchev–Trinajstić information content (AvgIpc) is 3.84. The molecular formula is C46H29F3N8O7RuS. The normalized spacial score (nSPS) is 11.3. The first-order valence-electron chi connectivity index (χ1n) is 18.6. The first-order chi connectivity index (χ1) is 31.6. The second-order valence-corrected chi connectivity index (χ2v) is 12.9. The molecule has 20 heteroatoms. The van der Waals surface area contributed by atoms with Crippen LogP contribution in [0.25, 0.3) is 57.8 Å². The van der Waals surface area contributed by atoms with Gasteiger partial charge in [0.15, 0.2) is 11.5 Å². The summed E-state index contributed by atoms with van der Waals surface area (Å²) in [4.78, 5) is 50.7. The molecular weight excluding hydrogens is 967 g/mol. The Morgan fingerprint density at radius 2 is 1.09 bits per heavy atom. The van der Waals surface area contributed by atoms with Gasteiger partial charge in [0, 0.05) is 18.6 Å². The molecule has 15 nitrogen and oxygen atoms in total. The second kappa shape index (κ2) is 23.9. The number of anilines is 3. The predicted molar refractivity (Wildman–Crippen MR) is 236 cm³/mol. The van der Waals surface area contributed by atoms with Crippen molar-refractivity contribution in [3.63, 3.8) is 0 Å². The summed E-state index contributed by atoms with van der Waals surface area (Å²) < 4.78 is 58.4. The van der Waals surface area contributed by atoms with Crippen LogP contribution in [-0.2, 0) is 54.2 Å². The summed E-state index contributed by atoms with van der Waals surface area (Å²) >= 11 is 3.70. The number of aromatic nitrogens is 6. The summed E-state index contributed by atoms with van der Waals surface area (Å²) in [5.74, 6) is 1.36. The number of nitrogens with zero attached hydrogens (tertiary/aromatic N) is 8. The number of rotatable bonds is 13. The van der Waals surface area contributed by atoms with Crippen LogP contribution in [0, 0.1) is 0 Å². The van der Waals surface area contributed by atoms with Gasteiger partial charge in [0.05, 0.1) is 64.3 Å². The summed E-state index contributed by atoms with van der Waals surface area (Å²) in [5.41, 5.74) is 6.05. The van der Waals surface area contributed by atoms with Gasteiger partial charge in [-0.15, -0.1) is 0 Å². The van der Waals surface area contributed by atoms with Crippen molar-refractivity contribution in [2.45, 2.75) is 6.18 Å². The number of isothiocyanates is 1. The van der Waals surface area contributed by atoms with Crippen LogP contribution in [0.5, 0.6) is 11.5 Å². The average molecular weight is 996 g/mol. The standard InChI is InChI=1S/C24H17N3O6.C21H12F3N4O.CNS.Ru/c28-15-31-8-3-18-1-6-25-21(11-18)23-13-20(5-10-33-17-30)14-24(27-23)22-12-19(2-7-26-22)4-9-32-16-29;22-21(23,24)20-12-15(26-27-20)14-11-13(9-10-25-14)28-16-5-1-3-7-18(16)29-19-8-4-2-6-17(19)28;2-1-3;/h1-17H;1-12H;;/q;2*-1;+2/b8-3+,9-4+,10-5+;;;. The zero-order chi connectivity index (χ0) is 46.0. The van der Waals surface area contributed by atoms with E-state index in [9.17, 15) is 27.6 Å². The van der Waals surface area contributed by atoms with Crippen LogP contribution in [-0.4, -0.2) is 49.6 Å². The Hall–Kier alpha value is -8.31. The summed E-state index contributed by atoms with van der Waals surface area (Å²) in [5, 5.41) is 15.3. The fraction of sp³-hybridized carbons (Fsp3) is 0.0217. The van der Waals surface area contributed by atoms with E-state index in [4.69, 9.17) is 10.1 Å². The molecule has 0 unspecified atom stereocenters. The largest absolute Gasteiger partial charge is 2.00 e. The molecule has 6 heterocycles. The number of carbonyl (C=O) groups excluding carboxylic acids is 3. The number of alkyl halides is 3. The maximum absolute atomic E-state index is 12.9. The molecule has 66 heavy (non-hydrogen) atoms. The first kappa shape index (κ1) is 48.7. The number of fused-ring (bicyclic) bond motifs is 2. The molecule has 7 aromatic rings. The summed E-state index contributed by atoms with van der Waals surface area (Å²) in [6, 6.07) is 30.0. The van der Waals surface area contributed by atoms with Crippen molar-refractivity contribution in [2.24, 2.45) is 0 Å². The van der Waals surface area contributed by atoms with E-state index in [1.807, 2.05) is 53.4 Å². The van der Waals surface area contributed by atoms with Crippen molar-refractivity contribution in [1.82, 2.24) is 30.1 Å². The maximum Gasteiger partial charge on any atom is 2.00 e. The number of halogens is 3. The van der Waals surface area contributed by atoms with E-state index in [-0.39, 0.29) is 25.2 Å². The number of para-hydroxylation sites is 4. The SMILES string of the molecule is FC(F)(F)c1cc(-c2cc(N3c4ccccc4Oc4ccccc43)ccn2)[n-]n1.O=CO/C=C/c1ccnc(-c2cc(/C=C/OC=O)cc(-c3cc(/C=C/OC=O)ccn3)n2)c1.[N-]=C=S.[Ru+2]. The molecule has 2 aromatic carbocycles. The van der Waals surface area contributed by atoms with Gasteiger partial charge in [0.1, 0.15) is 5.69 Å². The molecule has 1 aliphatic rings. The number of carbonyl (C=O) groups is 3. The summed E-state index contributed by atoms with van der Waals surface area (Å²) in [7, 11) is 0. The van der Waals surface area contributed by atoms with E-state index in [0.717, 1.165) is 34.3 Å². The Balaban J connectivity index is 0.000000231. The van der Waals surface area contributed by atoms with Gasteiger partial charge in [-0.3, -0.25) is 29.3 Å². The molecule has 8 rings (SSSR count). The fourth-order valence-electron chi connectivity index (χ4n) is 5.98. The molecule has 0 atom stereocenters. The van der Waals surface area contributed by atoms with Crippen LogP contribution in [0.15, 0.2) is 141 Å². The van der Waals surface area contributed by atoms with Crippen LogP contribution < -0.4 is 14.7 Å². The Labute approximate surface area is 391 Å². The van der Waals surface area contributed by atoms with Gasteiger partial charge < -0.3 is 39.5 Å². The van der Waals surface area contributed by atoms with Crippen LogP contribution in [0.1, 0.15) is 22.4 Å². The number of benzene rings is 2. The molecule has 5 aromatic heterocycles. The molecule has 0 saturated heterocycles. The smallest absolute Gasteiger partial charge is 0.753 e. The van der Waals surface area contributed by atoms with Gasteiger partial charge in [-0.05, 0) is 114 Å². The number of thiocarbonyl (C=S) groups is 1. The molecule has 0 amide bonds. The summed E-state index contributed by atoms with van der Waals surface area (Å²) in [6.07, 6.45) is 8.80. The van der Waals surface area contributed by atoms with Crippen molar-refractivity contribution >= 4 is 72.1 Å². The third-order valence-corrected chi connectivity index (χ3v) is 8.65. The minimum Gasteiger partial charge on any atom is -0.753 e. The van der Waals surface area contributed by atoms with Crippen molar-refractivity contribution in [1.29, 1.82) is 0 Å². The van der Waals surface area contributed by atoms with Crippen LogP contribution >= 0.6 is 12.2 Å². The first-order valence-corrected chi connectivity index (χ1v) is 19.0. The van der Waals surface area contributed by atoms with E-state index in [1.165, 1.54) is 30.1 Å². The zero-order valence-electron chi connectivity index (χ0n) is 33.6. The minimum atomic E-state index is -4.55. The minimum absolute atomic E-state index is 0. The van der Waals surface area contributed by atoms with E-state index < -0.39 is 11.9 Å². The topological polar surface area (TPSA) is 192 Å². The Kier molecular flexibility index (Phi) is 17.7. The second-order valence-electron chi connectivity index (χ2n) is 12.7. The molecule has 1 aliphatic heterocycles. The molecule has 0 spiro atoms. The van der Waals surface area contributed by atoms with Crippen molar-refractivity contribution in [3.05, 3.63) is 168 Å². The van der Waals surface area contributed by atoms with Gasteiger partial charge in [-0.25, -0.2) is 4.98 Å².